The van der Waals surface area contributed by atoms with Crippen LogP contribution in [0.15, 0.2) is 36.4 Å². The van der Waals surface area contributed by atoms with E-state index in [1.54, 1.807) is 31.2 Å². The summed E-state index contributed by atoms with van der Waals surface area (Å²) < 4.78 is 5.15. The Bertz CT molecular complexity index is 1360. The van der Waals surface area contributed by atoms with Gasteiger partial charge in [0.2, 0.25) is 23.6 Å². The van der Waals surface area contributed by atoms with Gasteiger partial charge in [0, 0.05) is 35.8 Å². The summed E-state index contributed by atoms with van der Waals surface area (Å²) >= 11 is 0. The Morgan fingerprint density at radius 1 is 1.22 bits per heavy atom. The van der Waals surface area contributed by atoms with E-state index in [1.807, 2.05) is 0 Å². The van der Waals surface area contributed by atoms with Crippen LogP contribution >= 0.6 is 0 Å². The number of primary amides is 1. The van der Waals surface area contributed by atoms with Crippen molar-refractivity contribution >= 4 is 40.7 Å². The van der Waals surface area contributed by atoms with Crippen molar-refractivity contribution in [3.8, 4) is 5.75 Å². The molecule has 2 fully saturated rings. The zero-order valence-corrected chi connectivity index (χ0v) is 19.4. The van der Waals surface area contributed by atoms with Crippen molar-refractivity contribution in [1.29, 1.82) is 0 Å². The highest BCUT2D eigenvalue weighted by Crippen LogP contribution is 2.54. The van der Waals surface area contributed by atoms with Gasteiger partial charge in [0.1, 0.15) is 5.54 Å². The molecular formula is C24H23N5O7. The number of imide groups is 1. The molecule has 186 valence electrons. The summed E-state index contributed by atoms with van der Waals surface area (Å²) in [7, 11) is 1.25. The van der Waals surface area contributed by atoms with Crippen LogP contribution in [0.2, 0.25) is 0 Å². The summed E-state index contributed by atoms with van der Waals surface area (Å²) in [4.78, 5) is 64.6. The highest BCUT2D eigenvalue weighted by atomic mass is 16.6. The molecule has 4 N–H and O–H groups in total. The number of fused-ring (bicyclic) bond motifs is 4. The molecule has 4 atom stereocenters. The van der Waals surface area contributed by atoms with Crippen LogP contribution in [0, 0.1) is 28.9 Å². The Balaban J connectivity index is 1.66. The average molecular weight is 493 g/mol. The lowest BCUT2D eigenvalue weighted by atomic mass is 9.76. The maximum Gasteiger partial charge on any atom is 0.311 e. The molecule has 1 spiro atoms. The molecule has 5 rings (SSSR count). The number of hydrogen-bond donors (Lipinski definition) is 3. The molecule has 0 aromatic heterocycles. The number of ether oxygens (including phenoxy) is 1. The lowest BCUT2D eigenvalue weighted by Crippen LogP contribution is -2.53. The first kappa shape index (κ1) is 23.4. The zero-order valence-electron chi connectivity index (χ0n) is 19.4. The molecule has 3 heterocycles. The number of aryl methyl sites for hydroxylation is 1. The molecule has 0 saturated carbocycles. The normalized spacial score (nSPS) is 26.2. The number of nitro benzene ring substituents is 1. The number of carbonyl (C=O) groups is 4. The van der Waals surface area contributed by atoms with E-state index in [0.717, 1.165) is 4.90 Å². The standard InChI is InChI=1S/C24H23N5O7/c1-11-9-16(29(34)35)17(36-2)10-15(11)28-21(31)19-14(7-8-18(25)30)27-24(20(19)22(28)32)12-5-3-4-6-13(12)26-23(24)33/h3-6,9-10,14,19-20,27H,7-8H2,1-2H3,(H2,25,30)(H,26,33)/t14-,19+,20-,24-/m0/s1. The van der Waals surface area contributed by atoms with Gasteiger partial charge >= 0.3 is 5.69 Å². The van der Waals surface area contributed by atoms with Crippen LogP contribution < -0.4 is 26.0 Å². The van der Waals surface area contributed by atoms with Gasteiger partial charge in [0.25, 0.3) is 0 Å². The van der Waals surface area contributed by atoms with E-state index in [4.69, 9.17) is 10.5 Å². The Labute approximate surface area is 204 Å². The van der Waals surface area contributed by atoms with Crippen molar-refractivity contribution in [2.45, 2.75) is 31.3 Å². The monoisotopic (exact) mass is 493 g/mol. The molecule has 2 saturated heterocycles. The predicted octanol–water partition coefficient (Wildman–Crippen LogP) is 1.10. The van der Waals surface area contributed by atoms with E-state index in [2.05, 4.69) is 10.6 Å². The first-order valence-corrected chi connectivity index (χ1v) is 11.3. The molecule has 12 heteroatoms. The summed E-state index contributed by atoms with van der Waals surface area (Å²) in [6.45, 7) is 1.55. The third kappa shape index (κ3) is 3.10. The first-order valence-electron chi connectivity index (χ1n) is 11.3. The van der Waals surface area contributed by atoms with Crippen molar-refractivity contribution in [2.75, 3.05) is 17.3 Å². The number of nitrogens with one attached hydrogen (secondary N) is 2. The highest BCUT2D eigenvalue weighted by Gasteiger charge is 2.70. The van der Waals surface area contributed by atoms with E-state index >= 15 is 0 Å². The lowest BCUT2D eigenvalue weighted by Gasteiger charge is -2.29. The molecule has 2 aromatic carbocycles. The quantitative estimate of drug-likeness (QED) is 0.305. The van der Waals surface area contributed by atoms with Crippen LogP contribution in [0.1, 0.15) is 24.0 Å². The van der Waals surface area contributed by atoms with Gasteiger partial charge in [-0.3, -0.25) is 34.6 Å². The van der Waals surface area contributed by atoms with Gasteiger partial charge in [-0.1, -0.05) is 18.2 Å². The third-order valence-corrected chi connectivity index (χ3v) is 7.26. The minimum Gasteiger partial charge on any atom is -0.490 e. The van der Waals surface area contributed by atoms with Gasteiger partial charge in [-0.05, 0) is 25.0 Å². The Morgan fingerprint density at radius 2 is 1.94 bits per heavy atom. The molecule has 4 amide bonds. The van der Waals surface area contributed by atoms with E-state index in [1.165, 1.54) is 19.2 Å². The number of rotatable bonds is 6. The molecule has 0 unspecified atom stereocenters. The van der Waals surface area contributed by atoms with Gasteiger partial charge in [-0.25, -0.2) is 4.90 Å². The van der Waals surface area contributed by atoms with E-state index in [9.17, 15) is 29.3 Å². The summed E-state index contributed by atoms with van der Waals surface area (Å²) in [6, 6.07) is 8.73. The lowest BCUT2D eigenvalue weighted by molar-refractivity contribution is -0.385. The van der Waals surface area contributed by atoms with Crippen LogP contribution in [0.5, 0.6) is 5.75 Å². The summed E-state index contributed by atoms with van der Waals surface area (Å²) in [5.74, 6) is -4.41. The molecule has 2 aromatic rings. The maximum atomic E-state index is 14.0. The Morgan fingerprint density at radius 3 is 2.61 bits per heavy atom. The summed E-state index contributed by atoms with van der Waals surface area (Å²) in [6.07, 6.45) is 0.0925. The van der Waals surface area contributed by atoms with E-state index < -0.39 is 52.0 Å². The summed E-state index contributed by atoms with van der Waals surface area (Å²) in [5, 5.41) is 17.5. The second-order valence-corrected chi connectivity index (χ2v) is 9.15. The van der Waals surface area contributed by atoms with Gasteiger partial charge in [-0.2, -0.15) is 0 Å². The SMILES string of the molecule is COc1cc(N2C(=O)[C@@H]3[C@H](CCC(N)=O)N[C@]4(C(=O)Nc5ccccc54)[C@@H]3C2=O)c(C)cc1[N+](=O)[O-]. The minimum atomic E-state index is -1.52. The number of carbonyl (C=O) groups excluding carboxylic acids is 4. The first-order chi connectivity index (χ1) is 17.1. The molecule has 0 bridgehead atoms. The van der Waals surface area contributed by atoms with Crippen LogP contribution in [-0.2, 0) is 24.7 Å². The number of amides is 4. The number of para-hydroxylation sites is 1. The number of nitro groups is 1. The maximum absolute atomic E-state index is 14.0. The highest BCUT2D eigenvalue weighted by molar-refractivity contribution is 6.26. The molecule has 12 nitrogen and oxygen atoms in total. The fourth-order valence-corrected chi connectivity index (χ4v) is 5.75. The minimum absolute atomic E-state index is 0.0495. The topological polar surface area (TPSA) is 174 Å². The van der Waals surface area contributed by atoms with Crippen LogP contribution in [0.4, 0.5) is 17.1 Å². The van der Waals surface area contributed by atoms with Gasteiger partial charge < -0.3 is 15.8 Å². The van der Waals surface area contributed by atoms with Gasteiger partial charge in [0.15, 0.2) is 5.75 Å². The molecule has 3 aliphatic rings. The van der Waals surface area contributed by atoms with Crippen molar-refractivity contribution in [3.05, 3.63) is 57.6 Å². The molecule has 3 aliphatic heterocycles. The number of hydrogen-bond acceptors (Lipinski definition) is 8. The number of methoxy groups -OCH3 is 1. The fraction of sp³-hybridized carbons (Fsp3) is 0.333. The average Bonchev–Trinajstić information content (AvgIpc) is 3.42. The Hall–Kier alpha value is -4.32. The predicted molar refractivity (Wildman–Crippen MR) is 126 cm³/mol. The largest absolute Gasteiger partial charge is 0.490 e. The second kappa shape index (κ2) is 8.12. The van der Waals surface area contributed by atoms with Crippen LogP contribution in [0.3, 0.4) is 0 Å². The van der Waals surface area contributed by atoms with Crippen molar-refractivity contribution in [3.63, 3.8) is 0 Å². The van der Waals surface area contributed by atoms with Crippen LogP contribution in [0.25, 0.3) is 0 Å². The number of anilines is 2. The van der Waals surface area contributed by atoms with Crippen molar-refractivity contribution in [2.24, 2.45) is 17.6 Å². The number of nitrogens with two attached hydrogens (primary N) is 1. The molecular weight excluding hydrogens is 470 g/mol. The van der Waals surface area contributed by atoms with Crippen molar-refractivity contribution < 1.29 is 28.8 Å². The van der Waals surface area contributed by atoms with E-state index in [-0.39, 0.29) is 30.0 Å². The molecule has 36 heavy (non-hydrogen) atoms. The molecule has 0 aliphatic carbocycles. The smallest absolute Gasteiger partial charge is 0.311 e. The fourth-order valence-electron chi connectivity index (χ4n) is 5.75. The second-order valence-electron chi connectivity index (χ2n) is 9.15. The summed E-state index contributed by atoms with van der Waals surface area (Å²) in [5.41, 5.74) is 5.03. The van der Waals surface area contributed by atoms with Crippen LogP contribution in [-0.4, -0.2) is 41.7 Å². The van der Waals surface area contributed by atoms with Gasteiger partial charge in [-0.15, -0.1) is 0 Å². The number of benzene rings is 2. The molecule has 0 radical (unpaired) electrons. The van der Waals surface area contributed by atoms with Gasteiger partial charge in [0.05, 0.1) is 29.6 Å². The van der Waals surface area contributed by atoms with E-state index in [0.29, 0.717) is 16.8 Å². The zero-order chi connectivity index (χ0) is 25.9. The third-order valence-electron chi connectivity index (χ3n) is 7.26. The Kier molecular flexibility index (Phi) is 5.29. The number of nitrogens with zero attached hydrogens (tertiary/aromatic N) is 2. The van der Waals surface area contributed by atoms with Crippen molar-refractivity contribution in [1.82, 2.24) is 5.32 Å².